The van der Waals surface area contributed by atoms with Crippen molar-refractivity contribution >= 4 is 11.9 Å². The van der Waals surface area contributed by atoms with Gasteiger partial charge in [-0.1, -0.05) is 172 Å². The molecule has 2 atom stereocenters. The van der Waals surface area contributed by atoms with Crippen molar-refractivity contribution in [2.24, 2.45) is 0 Å². The molecule has 6 nitrogen and oxygen atoms in total. The van der Waals surface area contributed by atoms with E-state index in [1.54, 1.807) is 0 Å². The Hall–Kier alpha value is -1.92. The predicted molar refractivity (Wildman–Crippen MR) is 197 cm³/mol. The van der Waals surface area contributed by atoms with Crippen LogP contribution >= 0.6 is 0 Å². The van der Waals surface area contributed by atoms with Gasteiger partial charge in [-0.25, -0.2) is 0 Å². The Morgan fingerprint density at radius 3 is 1.40 bits per heavy atom. The lowest BCUT2D eigenvalue weighted by molar-refractivity contribution is -0.152. The van der Waals surface area contributed by atoms with Gasteiger partial charge in [-0.3, -0.25) is 9.59 Å². The van der Waals surface area contributed by atoms with E-state index in [2.05, 4.69) is 26.0 Å². The van der Waals surface area contributed by atoms with Gasteiger partial charge in [-0.05, 0) is 38.5 Å². The lowest BCUT2D eigenvalue weighted by atomic mass is 10.0. The second-order valence-corrected chi connectivity index (χ2v) is 13.2. The summed E-state index contributed by atoms with van der Waals surface area (Å²) in [7, 11) is 0. The van der Waals surface area contributed by atoms with Gasteiger partial charge < -0.3 is 19.7 Å². The van der Waals surface area contributed by atoms with Crippen molar-refractivity contribution in [2.75, 3.05) is 13.2 Å². The third-order valence-electron chi connectivity index (χ3n) is 8.47. The maximum atomic E-state index is 12.0. The van der Waals surface area contributed by atoms with E-state index in [1.165, 1.54) is 89.9 Å². The Labute approximate surface area is 289 Å². The maximum Gasteiger partial charge on any atom is 0.305 e. The second-order valence-electron chi connectivity index (χ2n) is 13.2. The summed E-state index contributed by atoms with van der Waals surface area (Å²) in [5.74, 6) is -0.612. The zero-order valence-corrected chi connectivity index (χ0v) is 30.7. The molecule has 0 aliphatic heterocycles. The number of carbonyl (C=O) groups excluding carboxylic acids is 2. The minimum Gasteiger partial charge on any atom is -0.463 e. The summed E-state index contributed by atoms with van der Waals surface area (Å²) in [5.41, 5.74) is 0. The molecule has 6 heteroatoms. The first-order valence-corrected chi connectivity index (χ1v) is 19.6. The highest BCUT2D eigenvalue weighted by atomic mass is 16.6. The minimum atomic E-state index is -0.984. The van der Waals surface area contributed by atoms with E-state index in [0.717, 1.165) is 64.2 Å². The van der Waals surface area contributed by atoms with Crippen LogP contribution < -0.4 is 0 Å². The summed E-state index contributed by atoms with van der Waals surface area (Å²) in [4.78, 5) is 23.9. The van der Waals surface area contributed by atoms with Crippen LogP contribution in [0.5, 0.6) is 0 Å². The monoisotopic (exact) mass is 663 g/mol. The molecule has 0 aliphatic carbocycles. The SMILES string of the molecule is CC/C=C/CC(O)/C=C/C=C/CCCCCCCC(=O)OC[C@@H](O)COC(=O)CCCCCCCCCCCCCCCCCCC. The van der Waals surface area contributed by atoms with Crippen LogP contribution in [0.2, 0.25) is 0 Å². The van der Waals surface area contributed by atoms with Crippen LogP contribution in [0.25, 0.3) is 0 Å². The van der Waals surface area contributed by atoms with Crippen molar-refractivity contribution in [3.8, 4) is 0 Å². The number of hydrogen-bond donors (Lipinski definition) is 2. The average molecular weight is 663 g/mol. The summed E-state index contributed by atoms with van der Waals surface area (Å²) >= 11 is 0. The zero-order valence-electron chi connectivity index (χ0n) is 30.7. The molecule has 0 spiro atoms. The molecule has 0 bridgehead atoms. The predicted octanol–water partition coefficient (Wildman–Crippen LogP) is 11.0. The van der Waals surface area contributed by atoms with Gasteiger partial charge in [0.25, 0.3) is 0 Å². The van der Waals surface area contributed by atoms with Gasteiger partial charge >= 0.3 is 11.9 Å². The van der Waals surface area contributed by atoms with E-state index in [0.29, 0.717) is 19.3 Å². The molecule has 274 valence electrons. The fraction of sp³-hybridized carbons (Fsp3) is 0.805. The fourth-order valence-corrected chi connectivity index (χ4v) is 5.47. The zero-order chi connectivity index (χ0) is 34.5. The van der Waals surface area contributed by atoms with Crippen LogP contribution in [-0.4, -0.2) is 47.6 Å². The van der Waals surface area contributed by atoms with Crippen molar-refractivity contribution in [3.05, 3.63) is 36.5 Å². The molecule has 0 rings (SSSR count). The van der Waals surface area contributed by atoms with Gasteiger partial charge in [0.05, 0.1) is 6.10 Å². The van der Waals surface area contributed by atoms with E-state index in [1.807, 2.05) is 24.3 Å². The Balaban J connectivity index is 3.48. The molecule has 0 aromatic heterocycles. The Kier molecular flexibility index (Phi) is 35.4. The molecule has 0 aromatic carbocycles. The Morgan fingerprint density at radius 2 is 0.957 bits per heavy atom. The molecule has 0 heterocycles. The van der Waals surface area contributed by atoms with Crippen molar-refractivity contribution in [3.63, 3.8) is 0 Å². The van der Waals surface area contributed by atoms with Crippen LogP contribution in [0.3, 0.4) is 0 Å². The Bertz CT molecular complexity index is 774. The van der Waals surface area contributed by atoms with Crippen molar-refractivity contribution in [1.29, 1.82) is 0 Å². The lowest BCUT2D eigenvalue weighted by Gasteiger charge is -2.12. The molecule has 0 saturated carbocycles. The van der Waals surface area contributed by atoms with Gasteiger partial charge in [-0.2, -0.15) is 0 Å². The van der Waals surface area contributed by atoms with Crippen molar-refractivity contribution in [2.45, 2.75) is 199 Å². The molecule has 0 aliphatic rings. The molecule has 2 N–H and O–H groups in total. The summed E-state index contributed by atoms with van der Waals surface area (Å²) in [6, 6.07) is 0. The second kappa shape index (κ2) is 36.9. The molecule has 47 heavy (non-hydrogen) atoms. The Morgan fingerprint density at radius 1 is 0.532 bits per heavy atom. The van der Waals surface area contributed by atoms with Crippen molar-refractivity contribution in [1.82, 2.24) is 0 Å². The van der Waals surface area contributed by atoms with Crippen LogP contribution in [0, 0.1) is 0 Å². The van der Waals surface area contributed by atoms with Crippen LogP contribution in [0.4, 0.5) is 0 Å². The smallest absolute Gasteiger partial charge is 0.305 e. The highest BCUT2D eigenvalue weighted by molar-refractivity contribution is 5.69. The first-order valence-electron chi connectivity index (χ1n) is 19.6. The molecule has 0 saturated heterocycles. The maximum absolute atomic E-state index is 12.0. The van der Waals surface area contributed by atoms with Crippen LogP contribution in [0.15, 0.2) is 36.5 Å². The number of esters is 2. The molecule has 0 amide bonds. The number of aliphatic hydroxyl groups excluding tert-OH is 2. The minimum absolute atomic E-state index is 0.133. The standard InChI is InChI=1S/C41H74O6/c1-3-5-7-8-9-10-11-12-13-14-15-16-17-20-23-26-30-34-40(44)46-36-39(43)37-47-41(45)35-31-27-24-21-18-19-22-25-29-33-38(42)32-28-6-4-2/h6,22,25,28-29,33,38-39,42-43H,3-5,7-21,23-24,26-27,30-32,34-37H2,1-2H3/b25-22+,28-6+,33-29+/t38?,39-/m0/s1. The van der Waals surface area contributed by atoms with Crippen molar-refractivity contribution < 1.29 is 29.3 Å². The first kappa shape index (κ1) is 45.1. The fourth-order valence-electron chi connectivity index (χ4n) is 5.47. The number of hydrogen-bond acceptors (Lipinski definition) is 6. The molecule has 0 radical (unpaired) electrons. The average Bonchev–Trinajstić information content (AvgIpc) is 3.06. The summed E-state index contributed by atoms with van der Waals surface area (Å²) < 4.78 is 10.3. The number of ether oxygens (including phenoxy) is 2. The molecule has 0 aromatic rings. The summed E-state index contributed by atoms with van der Waals surface area (Å²) in [6.45, 7) is 4.08. The number of aliphatic hydroxyl groups is 2. The summed E-state index contributed by atoms with van der Waals surface area (Å²) in [5, 5.41) is 19.8. The van der Waals surface area contributed by atoms with Gasteiger partial charge in [0.2, 0.25) is 0 Å². The van der Waals surface area contributed by atoms with E-state index < -0.39 is 12.2 Å². The first-order chi connectivity index (χ1) is 23.0. The van der Waals surface area contributed by atoms with E-state index in [9.17, 15) is 19.8 Å². The third kappa shape index (κ3) is 36.8. The lowest BCUT2D eigenvalue weighted by Crippen LogP contribution is -2.25. The number of allylic oxidation sites excluding steroid dienone is 4. The quantitative estimate of drug-likeness (QED) is 0.0304. The van der Waals surface area contributed by atoms with E-state index in [-0.39, 0.29) is 25.2 Å². The van der Waals surface area contributed by atoms with Gasteiger partial charge in [0, 0.05) is 12.8 Å². The third-order valence-corrected chi connectivity index (χ3v) is 8.47. The topological polar surface area (TPSA) is 93.1 Å². The number of carbonyl (C=O) groups is 2. The van der Waals surface area contributed by atoms with E-state index >= 15 is 0 Å². The summed E-state index contributed by atoms with van der Waals surface area (Å²) in [6.07, 6.45) is 41.0. The van der Waals surface area contributed by atoms with Gasteiger partial charge in [0.1, 0.15) is 19.3 Å². The molecule has 0 fully saturated rings. The number of unbranched alkanes of at least 4 members (excludes halogenated alkanes) is 21. The molecular weight excluding hydrogens is 588 g/mol. The largest absolute Gasteiger partial charge is 0.463 e. The normalized spacial score (nSPS) is 13.2. The number of rotatable bonds is 35. The highest BCUT2D eigenvalue weighted by Gasteiger charge is 2.12. The van der Waals surface area contributed by atoms with Crippen LogP contribution in [0.1, 0.15) is 187 Å². The highest BCUT2D eigenvalue weighted by Crippen LogP contribution is 2.15. The van der Waals surface area contributed by atoms with Gasteiger partial charge in [0.15, 0.2) is 0 Å². The molecular formula is C41H74O6. The van der Waals surface area contributed by atoms with Crippen LogP contribution in [-0.2, 0) is 19.1 Å². The van der Waals surface area contributed by atoms with Gasteiger partial charge in [-0.15, -0.1) is 0 Å². The molecule has 1 unspecified atom stereocenters. The van der Waals surface area contributed by atoms with E-state index in [4.69, 9.17) is 9.47 Å².